The van der Waals surface area contributed by atoms with Crippen LogP contribution >= 0.6 is 0 Å². The SMILES string of the molecule is O=[N+]([O-])c1cc(CO)c(O)c(CO)c1. The van der Waals surface area contributed by atoms with Crippen molar-refractivity contribution in [2.45, 2.75) is 13.2 Å². The van der Waals surface area contributed by atoms with E-state index in [0.29, 0.717) is 0 Å². The number of benzene rings is 1. The van der Waals surface area contributed by atoms with E-state index in [0.717, 1.165) is 12.1 Å². The molecular formula is C8H9NO5. The van der Waals surface area contributed by atoms with E-state index in [1.807, 2.05) is 0 Å². The Kier molecular flexibility index (Phi) is 3.00. The van der Waals surface area contributed by atoms with Gasteiger partial charge in [0.2, 0.25) is 0 Å². The van der Waals surface area contributed by atoms with Gasteiger partial charge in [-0.15, -0.1) is 0 Å². The third kappa shape index (κ3) is 1.81. The quantitative estimate of drug-likeness (QED) is 0.479. The minimum absolute atomic E-state index is 0.0308. The van der Waals surface area contributed by atoms with Gasteiger partial charge in [0.05, 0.1) is 18.1 Å². The summed E-state index contributed by atoms with van der Waals surface area (Å²) < 4.78 is 0. The number of aromatic hydroxyl groups is 1. The van der Waals surface area contributed by atoms with Crippen LogP contribution in [-0.4, -0.2) is 20.2 Å². The van der Waals surface area contributed by atoms with E-state index < -0.39 is 18.1 Å². The largest absolute Gasteiger partial charge is 0.507 e. The number of nitrogens with zero attached hydrogens (tertiary/aromatic N) is 1. The molecule has 0 fully saturated rings. The Balaban J connectivity index is 3.32. The second kappa shape index (κ2) is 4.03. The average molecular weight is 199 g/mol. The Morgan fingerprint density at radius 3 is 1.93 bits per heavy atom. The maximum atomic E-state index is 10.4. The molecule has 0 unspecified atom stereocenters. The van der Waals surface area contributed by atoms with Gasteiger partial charge < -0.3 is 15.3 Å². The molecular weight excluding hydrogens is 190 g/mol. The van der Waals surface area contributed by atoms with E-state index in [4.69, 9.17) is 10.2 Å². The van der Waals surface area contributed by atoms with Crippen molar-refractivity contribution < 1.29 is 20.2 Å². The molecule has 0 aliphatic heterocycles. The summed E-state index contributed by atoms with van der Waals surface area (Å²) in [7, 11) is 0. The topological polar surface area (TPSA) is 104 Å². The van der Waals surface area contributed by atoms with Crippen molar-refractivity contribution >= 4 is 5.69 Å². The van der Waals surface area contributed by atoms with E-state index in [1.54, 1.807) is 0 Å². The Hall–Kier alpha value is -1.66. The van der Waals surface area contributed by atoms with Crippen molar-refractivity contribution in [3.05, 3.63) is 33.4 Å². The molecule has 0 bridgehead atoms. The molecule has 0 aliphatic carbocycles. The van der Waals surface area contributed by atoms with Crippen molar-refractivity contribution in [3.8, 4) is 5.75 Å². The minimum atomic E-state index is -0.655. The molecule has 6 heteroatoms. The average Bonchev–Trinajstić information content (AvgIpc) is 2.17. The lowest BCUT2D eigenvalue weighted by atomic mass is 10.1. The Labute approximate surface area is 79.2 Å². The molecule has 1 aromatic rings. The zero-order valence-corrected chi connectivity index (χ0v) is 7.17. The Morgan fingerprint density at radius 2 is 1.64 bits per heavy atom. The number of aliphatic hydroxyl groups excluding tert-OH is 2. The lowest BCUT2D eigenvalue weighted by Crippen LogP contribution is -1.96. The Bertz CT molecular complexity index is 338. The predicted octanol–water partition coefficient (Wildman–Crippen LogP) is 0.285. The highest BCUT2D eigenvalue weighted by Crippen LogP contribution is 2.28. The second-order valence-electron chi connectivity index (χ2n) is 2.69. The van der Waals surface area contributed by atoms with Gasteiger partial charge >= 0.3 is 0 Å². The molecule has 14 heavy (non-hydrogen) atoms. The van der Waals surface area contributed by atoms with Gasteiger partial charge in [-0.2, -0.15) is 0 Å². The standard InChI is InChI=1S/C8H9NO5/c10-3-5-1-7(9(13)14)2-6(4-11)8(5)12/h1-2,10-12H,3-4H2. The van der Waals surface area contributed by atoms with Crippen molar-refractivity contribution in [2.24, 2.45) is 0 Å². The third-order valence-corrected chi connectivity index (χ3v) is 1.80. The molecule has 0 amide bonds. The van der Waals surface area contributed by atoms with E-state index in [-0.39, 0.29) is 22.6 Å². The molecule has 0 aromatic heterocycles. The van der Waals surface area contributed by atoms with E-state index >= 15 is 0 Å². The zero-order valence-electron chi connectivity index (χ0n) is 7.17. The monoisotopic (exact) mass is 199 g/mol. The summed E-state index contributed by atoms with van der Waals surface area (Å²) in [6.07, 6.45) is 0. The minimum Gasteiger partial charge on any atom is -0.507 e. The number of nitro groups is 1. The van der Waals surface area contributed by atoms with Crippen LogP contribution in [0.4, 0.5) is 5.69 Å². The van der Waals surface area contributed by atoms with E-state index in [9.17, 15) is 15.2 Å². The number of nitro benzene ring substituents is 1. The van der Waals surface area contributed by atoms with Crippen molar-refractivity contribution in [2.75, 3.05) is 0 Å². The van der Waals surface area contributed by atoms with Crippen LogP contribution in [0.25, 0.3) is 0 Å². The molecule has 0 aliphatic rings. The normalized spacial score (nSPS) is 10.1. The van der Waals surface area contributed by atoms with Gasteiger partial charge in [0, 0.05) is 23.3 Å². The molecule has 0 spiro atoms. The molecule has 6 nitrogen and oxygen atoms in total. The summed E-state index contributed by atoms with van der Waals surface area (Å²) in [6.45, 7) is -1.03. The fourth-order valence-corrected chi connectivity index (χ4v) is 1.09. The first-order chi connectivity index (χ1) is 6.60. The van der Waals surface area contributed by atoms with Crippen molar-refractivity contribution in [1.29, 1.82) is 0 Å². The first kappa shape index (κ1) is 10.4. The van der Waals surface area contributed by atoms with Crippen LogP contribution in [-0.2, 0) is 13.2 Å². The van der Waals surface area contributed by atoms with Gasteiger partial charge in [-0.05, 0) is 0 Å². The summed E-state index contributed by atoms with van der Waals surface area (Å²) in [5.41, 5.74) is -0.206. The summed E-state index contributed by atoms with van der Waals surface area (Å²) in [4.78, 5) is 9.75. The van der Waals surface area contributed by atoms with Crippen LogP contribution in [0.15, 0.2) is 12.1 Å². The summed E-state index contributed by atoms with van der Waals surface area (Å²) in [6, 6.07) is 2.13. The highest BCUT2D eigenvalue weighted by molar-refractivity contribution is 5.48. The zero-order chi connectivity index (χ0) is 10.7. The molecule has 1 rings (SSSR count). The molecule has 76 valence electrons. The van der Waals surface area contributed by atoms with Crippen LogP contribution in [0, 0.1) is 10.1 Å². The summed E-state index contributed by atoms with van der Waals surface area (Å²) in [5, 5.41) is 37.3. The van der Waals surface area contributed by atoms with Gasteiger partial charge in [-0.25, -0.2) is 0 Å². The second-order valence-corrected chi connectivity index (χ2v) is 2.69. The first-order valence-corrected chi connectivity index (χ1v) is 3.81. The third-order valence-electron chi connectivity index (χ3n) is 1.80. The maximum Gasteiger partial charge on any atom is 0.270 e. The summed E-state index contributed by atoms with van der Waals surface area (Å²) in [5.74, 6) is -0.305. The lowest BCUT2D eigenvalue weighted by molar-refractivity contribution is -0.385. The fourth-order valence-electron chi connectivity index (χ4n) is 1.09. The van der Waals surface area contributed by atoms with Crippen LogP contribution in [0.1, 0.15) is 11.1 Å². The molecule has 0 heterocycles. The number of hydrogen-bond donors (Lipinski definition) is 3. The van der Waals surface area contributed by atoms with Gasteiger partial charge in [0.25, 0.3) is 5.69 Å². The maximum absolute atomic E-state index is 10.4. The predicted molar refractivity (Wildman–Crippen MR) is 46.6 cm³/mol. The van der Waals surface area contributed by atoms with E-state index in [1.165, 1.54) is 0 Å². The van der Waals surface area contributed by atoms with Crippen molar-refractivity contribution in [1.82, 2.24) is 0 Å². The van der Waals surface area contributed by atoms with Gasteiger partial charge in [-0.1, -0.05) is 0 Å². The smallest absolute Gasteiger partial charge is 0.270 e. The van der Waals surface area contributed by atoms with Gasteiger partial charge in [-0.3, -0.25) is 10.1 Å². The number of rotatable bonds is 3. The molecule has 3 N–H and O–H groups in total. The van der Waals surface area contributed by atoms with Gasteiger partial charge in [0.15, 0.2) is 0 Å². The van der Waals surface area contributed by atoms with Crippen LogP contribution in [0.3, 0.4) is 0 Å². The molecule has 0 atom stereocenters. The van der Waals surface area contributed by atoms with Crippen LogP contribution in [0.2, 0.25) is 0 Å². The highest BCUT2D eigenvalue weighted by atomic mass is 16.6. The molecule has 0 saturated heterocycles. The highest BCUT2D eigenvalue weighted by Gasteiger charge is 2.14. The van der Waals surface area contributed by atoms with Crippen molar-refractivity contribution in [3.63, 3.8) is 0 Å². The van der Waals surface area contributed by atoms with E-state index in [2.05, 4.69) is 0 Å². The van der Waals surface area contributed by atoms with Crippen LogP contribution in [0.5, 0.6) is 5.75 Å². The lowest BCUT2D eigenvalue weighted by Gasteiger charge is -2.05. The number of non-ortho nitro benzene ring substituents is 1. The molecule has 0 radical (unpaired) electrons. The molecule has 1 aromatic carbocycles. The number of aliphatic hydroxyl groups is 2. The van der Waals surface area contributed by atoms with Gasteiger partial charge in [0.1, 0.15) is 5.75 Å². The first-order valence-electron chi connectivity index (χ1n) is 3.81. The summed E-state index contributed by atoms with van der Waals surface area (Å²) >= 11 is 0. The number of phenols is 1. The van der Waals surface area contributed by atoms with Crippen LogP contribution < -0.4 is 0 Å². The number of hydrogen-bond acceptors (Lipinski definition) is 5. The fraction of sp³-hybridized carbons (Fsp3) is 0.250. The Morgan fingerprint density at radius 1 is 1.21 bits per heavy atom. The molecule has 0 saturated carbocycles.